The van der Waals surface area contributed by atoms with Crippen molar-refractivity contribution in [1.82, 2.24) is 0 Å². The van der Waals surface area contributed by atoms with Crippen molar-refractivity contribution in [3.63, 3.8) is 0 Å². The lowest BCUT2D eigenvalue weighted by molar-refractivity contribution is -0.128. The van der Waals surface area contributed by atoms with Crippen LogP contribution in [0.25, 0.3) is 0 Å². The molecule has 0 N–H and O–H groups in total. The number of Topliss-reactive ketones (excluding diaryl/α,β-unsaturated/α-hetero) is 1. The number of ketones is 1. The van der Waals surface area contributed by atoms with Crippen molar-refractivity contribution in [2.24, 2.45) is 16.7 Å². The number of fused-ring (bicyclic) bond motifs is 2. The first kappa shape index (κ1) is 8.74. The highest BCUT2D eigenvalue weighted by atomic mass is 79.9. The predicted molar refractivity (Wildman–Crippen MR) is 52.4 cm³/mol. The summed E-state index contributed by atoms with van der Waals surface area (Å²) in [5.41, 5.74) is 0.227. The van der Waals surface area contributed by atoms with Crippen LogP contribution in [0.2, 0.25) is 0 Å². The molecule has 0 unspecified atom stereocenters. The van der Waals surface area contributed by atoms with Crippen molar-refractivity contribution in [3.05, 3.63) is 0 Å². The summed E-state index contributed by atoms with van der Waals surface area (Å²) in [6.45, 7) is 4.42. The molecule has 68 valence electrons. The summed E-state index contributed by atoms with van der Waals surface area (Å²) >= 11 is 3.56. The zero-order valence-electron chi connectivity index (χ0n) is 7.69. The number of hydrogen-bond acceptors (Lipinski definition) is 1. The van der Waals surface area contributed by atoms with E-state index in [1.54, 1.807) is 0 Å². The summed E-state index contributed by atoms with van der Waals surface area (Å²) in [6, 6.07) is 0. The van der Waals surface area contributed by atoms with E-state index in [4.69, 9.17) is 0 Å². The number of carbonyl (C=O) groups is 1. The molecule has 2 aliphatic carbocycles. The van der Waals surface area contributed by atoms with E-state index in [9.17, 15) is 4.79 Å². The number of rotatable bonds is 1. The summed E-state index contributed by atoms with van der Waals surface area (Å²) in [7, 11) is 0. The molecule has 0 spiro atoms. The Hall–Kier alpha value is 0.150. The van der Waals surface area contributed by atoms with E-state index in [1.807, 2.05) is 0 Å². The van der Waals surface area contributed by atoms with Gasteiger partial charge in [-0.2, -0.15) is 0 Å². The van der Waals surface area contributed by atoms with E-state index in [0.29, 0.717) is 11.7 Å². The van der Waals surface area contributed by atoms with Crippen LogP contribution in [0.4, 0.5) is 0 Å². The van der Waals surface area contributed by atoms with Crippen LogP contribution < -0.4 is 0 Å². The summed E-state index contributed by atoms with van der Waals surface area (Å²) in [5, 5.41) is 0.979. The minimum Gasteiger partial charge on any atom is -0.299 e. The van der Waals surface area contributed by atoms with Crippen LogP contribution in [-0.2, 0) is 4.79 Å². The number of hydrogen-bond donors (Lipinski definition) is 0. The molecule has 0 aliphatic heterocycles. The van der Waals surface area contributed by atoms with Crippen molar-refractivity contribution in [2.75, 3.05) is 5.33 Å². The monoisotopic (exact) mass is 230 g/mol. The molecule has 0 aromatic heterocycles. The largest absolute Gasteiger partial charge is 0.299 e. The molecule has 2 aliphatic rings. The van der Waals surface area contributed by atoms with Gasteiger partial charge in [0.25, 0.3) is 0 Å². The third-order valence-corrected chi connectivity index (χ3v) is 5.64. The van der Waals surface area contributed by atoms with Gasteiger partial charge in [-0.1, -0.05) is 29.8 Å². The maximum Gasteiger partial charge on any atom is 0.139 e. The fraction of sp³-hybridized carbons (Fsp3) is 0.900. The molecule has 0 aromatic rings. The molecule has 0 radical (unpaired) electrons. The van der Waals surface area contributed by atoms with Crippen molar-refractivity contribution >= 4 is 21.7 Å². The first-order valence-electron chi connectivity index (χ1n) is 4.64. The Bertz CT molecular complexity index is 238. The quantitative estimate of drug-likeness (QED) is 0.634. The van der Waals surface area contributed by atoms with E-state index in [1.165, 1.54) is 6.42 Å². The van der Waals surface area contributed by atoms with Crippen molar-refractivity contribution in [2.45, 2.75) is 33.1 Å². The molecule has 2 rings (SSSR count). The van der Waals surface area contributed by atoms with Crippen LogP contribution in [0.1, 0.15) is 33.1 Å². The average molecular weight is 231 g/mol. The van der Waals surface area contributed by atoms with E-state index < -0.39 is 0 Å². The van der Waals surface area contributed by atoms with E-state index in [0.717, 1.165) is 18.2 Å². The molecular weight excluding hydrogens is 216 g/mol. The minimum atomic E-state index is -0.0127. The van der Waals surface area contributed by atoms with Gasteiger partial charge in [0.15, 0.2) is 0 Å². The molecule has 12 heavy (non-hydrogen) atoms. The standard InChI is InChI=1S/C10H15BrO/c1-9-4-3-7(5-8(9)12)10(9,2)6-11/h7H,3-6H2,1-2H3/t7-,9+,10+/m1/s1. The molecule has 2 saturated carbocycles. The number of halogens is 1. The van der Waals surface area contributed by atoms with Crippen LogP contribution in [0, 0.1) is 16.7 Å². The predicted octanol–water partition coefficient (Wildman–Crippen LogP) is 2.78. The van der Waals surface area contributed by atoms with E-state index in [2.05, 4.69) is 29.8 Å². The highest BCUT2D eigenvalue weighted by molar-refractivity contribution is 9.09. The summed E-state index contributed by atoms with van der Waals surface area (Å²) in [6.07, 6.45) is 3.20. The summed E-state index contributed by atoms with van der Waals surface area (Å²) in [4.78, 5) is 11.7. The normalized spacial score (nSPS) is 51.9. The number of alkyl halides is 1. The van der Waals surface area contributed by atoms with Crippen molar-refractivity contribution < 1.29 is 4.79 Å². The maximum absolute atomic E-state index is 11.7. The Morgan fingerprint density at radius 3 is 2.50 bits per heavy atom. The van der Waals surface area contributed by atoms with E-state index in [-0.39, 0.29) is 10.8 Å². The fourth-order valence-corrected chi connectivity index (χ4v) is 4.09. The topological polar surface area (TPSA) is 17.1 Å². The first-order valence-corrected chi connectivity index (χ1v) is 5.76. The molecular formula is C10H15BrO. The molecule has 2 bridgehead atoms. The molecule has 3 atom stereocenters. The zero-order valence-corrected chi connectivity index (χ0v) is 9.28. The van der Waals surface area contributed by atoms with Crippen LogP contribution in [-0.4, -0.2) is 11.1 Å². The van der Waals surface area contributed by atoms with Gasteiger partial charge in [-0.3, -0.25) is 4.79 Å². The lowest BCUT2D eigenvalue weighted by Gasteiger charge is -2.34. The molecule has 1 nitrogen and oxygen atoms in total. The number of carbonyl (C=O) groups excluding carboxylic acids is 1. The third kappa shape index (κ3) is 0.729. The van der Waals surface area contributed by atoms with Gasteiger partial charge < -0.3 is 0 Å². The Kier molecular flexibility index (Phi) is 1.70. The molecule has 2 fully saturated rings. The minimum absolute atomic E-state index is 0.0127. The lowest BCUT2D eigenvalue weighted by atomic mass is 9.70. The van der Waals surface area contributed by atoms with Gasteiger partial charge >= 0.3 is 0 Å². The highest BCUT2D eigenvalue weighted by Gasteiger charge is 2.63. The molecule has 0 saturated heterocycles. The molecule has 2 heteroatoms. The Morgan fingerprint density at radius 1 is 1.58 bits per heavy atom. The fourth-order valence-electron chi connectivity index (χ4n) is 3.01. The van der Waals surface area contributed by atoms with Gasteiger partial charge in [0.1, 0.15) is 5.78 Å². The summed E-state index contributed by atoms with van der Waals surface area (Å²) < 4.78 is 0. The average Bonchev–Trinajstić information content (AvgIpc) is 2.39. The molecule has 0 aromatic carbocycles. The first-order chi connectivity index (χ1) is 5.54. The van der Waals surface area contributed by atoms with Gasteiger partial charge in [-0.15, -0.1) is 0 Å². The van der Waals surface area contributed by atoms with Crippen molar-refractivity contribution in [1.29, 1.82) is 0 Å². The SMILES string of the molecule is C[C@]12CC[C@H](CC1=O)[C@]2(C)CBr. The van der Waals surface area contributed by atoms with Gasteiger partial charge in [-0.05, 0) is 24.2 Å². The van der Waals surface area contributed by atoms with E-state index >= 15 is 0 Å². The molecule has 0 amide bonds. The smallest absolute Gasteiger partial charge is 0.139 e. The van der Waals surface area contributed by atoms with Gasteiger partial charge in [0.05, 0.1) is 0 Å². The second-order valence-corrected chi connectivity index (χ2v) is 5.31. The Balaban J connectivity index is 2.44. The van der Waals surface area contributed by atoms with Crippen LogP contribution in [0.3, 0.4) is 0 Å². The second kappa shape index (κ2) is 2.34. The Morgan fingerprint density at radius 2 is 2.25 bits per heavy atom. The van der Waals surface area contributed by atoms with Crippen molar-refractivity contribution in [3.8, 4) is 0 Å². The lowest BCUT2D eigenvalue weighted by Crippen LogP contribution is -2.36. The summed E-state index contributed by atoms with van der Waals surface area (Å²) in [5.74, 6) is 1.15. The Labute approximate surface area is 82.0 Å². The van der Waals surface area contributed by atoms with Gasteiger partial charge in [0, 0.05) is 17.2 Å². The highest BCUT2D eigenvalue weighted by Crippen LogP contribution is 2.64. The molecule has 0 heterocycles. The van der Waals surface area contributed by atoms with Gasteiger partial charge in [-0.25, -0.2) is 0 Å². The zero-order chi connectivity index (χ0) is 8.98. The van der Waals surface area contributed by atoms with Gasteiger partial charge in [0.2, 0.25) is 0 Å². The van der Waals surface area contributed by atoms with Crippen LogP contribution >= 0.6 is 15.9 Å². The van der Waals surface area contributed by atoms with Crippen LogP contribution in [0.5, 0.6) is 0 Å². The second-order valence-electron chi connectivity index (χ2n) is 4.75. The third-order valence-electron chi connectivity index (χ3n) is 4.48. The van der Waals surface area contributed by atoms with Crippen LogP contribution in [0.15, 0.2) is 0 Å². The maximum atomic E-state index is 11.7.